The summed E-state index contributed by atoms with van der Waals surface area (Å²) in [5.41, 5.74) is 2.55. The summed E-state index contributed by atoms with van der Waals surface area (Å²) >= 11 is 0. The Bertz CT molecular complexity index is 639. The Morgan fingerprint density at radius 1 is 1.12 bits per heavy atom. The lowest BCUT2D eigenvalue weighted by atomic mass is 9.87. The summed E-state index contributed by atoms with van der Waals surface area (Å²) in [6, 6.07) is 8.91. The van der Waals surface area contributed by atoms with Crippen molar-refractivity contribution in [3.63, 3.8) is 0 Å². The number of carbonyl (C=O) groups is 2. The van der Waals surface area contributed by atoms with Crippen molar-refractivity contribution in [1.82, 2.24) is 10.2 Å². The number of likely N-dealkylation sites (tertiary alicyclic amines) is 1. The molecule has 0 aromatic heterocycles. The number of carbonyl (C=O) groups excluding carboxylic acids is 2. The maximum absolute atomic E-state index is 12.4. The number of nitrogens with zero attached hydrogens (tertiary/aromatic N) is 1. The van der Waals surface area contributed by atoms with Crippen LogP contribution >= 0.6 is 0 Å². The molecule has 2 aliphatic rings. The zero-order chi connectivity index (χ0) is 18.7. The average molecular weight is 357 g/mol. The molecule has 1 heterocycles. The van der Waals surface area contributed by atoms with Gasteiger partial charge < -0.3 is 10.2 Å². The SMILES string of the molecule is CC(C)(C)c1ccc(CN2C(=O)CCC2CC(=O)NC2CCCC2)cc1. The summed E-state index contributed by atoms with van der Waals surface area (Å²) < 4.78 is 0. The fraction of sp³-hybridized carbons (Fsp3) is 0.636. The van der Waals surface area contributed by atoms with Crippen LogP contribution in [0.5, 0.6) is 0 Å². The normalized spacial score (nSPS) is 21.4. The van der Waals surface area contributed by atoms with E-state index in [4.69, 9.17) is 0 Å². The Morgan fingerprint density at radius 2 is 1.77 bits per heavy atom. The topological polar surface area (TPSA) is 49.4 Å². The molecule has 4 nitrogen and oxygen atoms in total. The molecule has 1 unspecified atom stereocenters. The number of rotatable bonds is 5. The van der Waals surface area contributed by atoms with Crippen LogP contribution < -0.4 is 5.32 Å². The number of benzene rings is 1. The van der Waals surface area contributed by atoms with Crippen LogP contribution in [0.1, 0.15) is 76.8 Å². The summed E-state index contributed by atoms with van der Waals surface area (Å²) in [4.78, 5) is 26.6. The van der Waals surface area contributed by atoms with Crippen molar-refractivity contribution in [2.45, 2.75) is 89.8 Å². The Kier molecular flexibility index (Phi) is 5.69. The third-order valence-electron chi connectivity index (χ3n) is 5.77. The first-order valence-electron chi connectivity index (χ1n) is 10.0. The molecule has 0 radical (unpaired) electrons. The Balaban J connectivity index is 1.59. The molecular weight excluding hydrogens is 324 g/mol. The van der Waals surface area contributed by atoms with Gasteiger partial charge in [0.2, 0.25) is 11.8 Å². The third kappa shape index (κ3) is 4.66. The molecule has 0 bridgehead atoms. The Hall–Kier alpha value is -1.84. The largest absolute Gasteiger partial charge is 0.353 e. The van der Waals surface area contributed by atoms with Crippen LogP contribution in [0, 0.1) is 0 Å². The highest BCUT2D eigenvalue weighted by Gasteiger charge is 2.33. The average Bonchev–Trinajstić information content (AvgIpc) is 3.19. The van der Waals surface area contributed by atoms with Crippen molar-refractivity contribution in [1.29, 1.82) is 0 Å². The lowest BCUT2D eigenvalue weighted by Crippen LogP contribution is -2.39. The molecule has 3 rings (SSSR count). The van der Waals surface area contributed by atoms with Crippen molar-refractivity contribution >= 4 is 11.8 Å². The van der Waals surface area contributed by atoms with Crippen LogP contribution in [-0.2, 0) is 21.5 Å². The van der Waals surface area contributed by atoms with Crippen molar-refractivity contribution in [3.05, 3.63) is 35.4 Å². The van der Waals surface area contributed by atoms with Gasteiger partial charge in [-0.1, -0.05) is 57.9 Å². The molecule has 1 saturated heterocycles. The highest BCUT2D eigenvalue weighted by Crippen LogP contribution is 2.26. The van der Waals surface area contributed by atoms with Crippen molar-refractivity contribution in [3.8, 4) is 0 Å². The van der Waals surface area contributed by atoms with E-state index in [1.54, 1.807) is 0 Å². The van der Waals surface area contributed by atoms with Gasteiger partial charge in [-0.05, 0) is 35.8 Å². The second-order valence-electron chi connectivity index (χ2n) is 8.91. The maximum Gasteiger partial charge on any atom is 0.223 e. The second-order valence-corrected chi connectivity index (χ2v) is 8.91. The maximum atomic E-state index is 12.4. The second kappa shape index (κ2) is 7.81. The van der Waals surface area contributed by atoms with Crippen LogP contribution in [0.4, 0.5) is 0 Å². The molecule has 1 atom stereocenters. The Morgan fingerprint density at radius 3 is 2.38 bits per heavy atom. The molecule has 1 aliphatic heterocycles. The minimum Gasteiger partial charge on any atom is -0.353 e. The zero-order valence-corrected chi connectivity index (χ0v) is 16.4. The van der Waals surface area contributed by atoms with Gasteiger partial charge in [0.05, 0.1) is 0 Å². The highest BCUT2D eigenvalue weighted by molar-refractivity contribution is 5.82. The summed E-state index contributed by atoms with van der Waals surface area (Å²) in [5, 5.41) is 3.15. The van der Waals surface area contributed by atoms with Crippen molar-refractivity contribution in [2.24, 2.45) is 0 Å². The highest BCUT2D eigenvalue weighted by atomic mass is 16.2. The monoisotopic (exact) mass is 356 g/mol. The number of nitrogens with one attached hydrogen (secondary N) is 1. The van der Waals surface area contributed by atoms with E-state index in [-0.39, 0.29) is 23.3 Å². The van der Waals surface area contributed by atoms with Gasteiger partial charge in [0.15, 0.2) is 0 Å². The van der Waals surface area contributed by atoms with Gasteiger partial charge >= 0.3 is 0 Å². The smallest absolute Gasteiger partial charge is 0.223 e. The fourth-order valence-corrected chi connectivity index (χ4v) is 4.10. The molecule has 1 aromatic carbocycles. The number of amides is 2. The van der Waals surface area contributed by atoms with Crippen molar-refractivity contribution < 1.29 is 9.59 Å². The number of hydrogen-bond acceptors (Lipinski definition) is 2. The predicted molar refractivity (Wildman–Crippen MR) is 104 cm³/mol. The van der Waals surface area contributed by atoms with Gasteiger partial charge in [-0.25, -0.2) is 0 Å². The van der Waals surface area contributed by atoms with Crippen LogP contribution in [0.3, 0.4) is 0 Å². The molecule has 1 saturated carbocycles. The molecular formula is C22H32N2O2. The van der Waals surface area contributed by atoms with E-state index < -0.39 is 0 Å². The first-order valence-corrected chi connectivity index (χ1v) is 10.0. The van der Waals surface area contributed by atoms with E-state index in [0.29, 0.717) is 25.4 Å². The Labute approximate surface area is 157 Å². The van der Waals surface area contributed by atoms with E-state index in [0.717, 1.165) is 24.8 Å². The standard InChI is InChI=1S/C22H32N2O2/c1-22(2,3)17-10-8-16(9-11-17)15-24-19(12-13-21(24)26)14-20(25)23-18-6-4-5-7-18/h8-11,18-19H,4-7,12-15H2,1-3H3,(H,23,25). The fourth-order valence-electron chi connectivity index (χ4n) is 4.10. The molecule has 0 spiro atoms. The molecule has 1 aromatic rings. The van der Waals surface area contributed by atoms with E-state index >= 15 is 0 Å². The molecule has 26 heavy (non-hydrogen) atoms. The molecule has 2 amide bonds. The molecule has 142 valence electrons. The van der Waals surface area contributed by atoms with Gasteiger partial charge in [0.25, 0.3) is 0 Å². The summed E-state index contributed by atoms with van der Waals surface area (Å²) in [5.74, 6) is 0.272. The third-order valence-corrected chi connectivity index (χ3v) is 5.77. The van der Waals surface area contributed by atoms with Crippen LogP contribution in [0.2, 0.25) is 0 Å². The van der Waals surface area contributed by atoms with Crippen LogP contribution in [0.15, 0.2) is 24.3 Å². The summed E-state index contributed by atoms with van der Waals surface area (Å²) in [7, 11) is 0. The minimum absolute atomic E-state index is 0.0335. The quantitative estimate of drug-likeness (QED) is 0.869. The van der Waals surface area contributed by atoms with Gasteiger partial charge in [-0.3, -0.25) is 9.59 Å². The van der Waals surface area contributed by atoms with E-state index in [9.17, 15) is 9.59 Å². The molecule has 4 heteroatoms. The molecule has 2 fully saturated rings. The lowest BCUT2D eigenvalue weighted by Gasteiger charge is -2.26. The summed E-state index contributed by atoms with van der Waals surface area (Å²) in [6.07, 6.45) is 6.40. The van der Waals surface area contributed by atoms with Gasteiger partial charge in [-0.15, -0.1) is 0 Å². The predicted octanol–water partition coefficient (Wildman–Crippen LogP) is 3.92. The van der Waals surface area contributed by atoms with Gasteiger partial charge in [0, 0.05) is 31.5 Å². The van der Waals surface area contributed by atoms with Gasteiger partial charge in [0.1, 0.15) is 0 Å². The summed E-state index contributed by atoms with van der Waals surface area (Å²) in [6.45, 7) is 7.20. The first-order chi connectivity index (χ1) is 12.3. The molecule has 1 aliphatic carbocycles. The van der Waals surface area contributed by atoms with E-state index in [1.807, 2.05) is 4.90 Å². The first kappa shape index (κ1) is 18.9. The molecule has 1 N–H and O–H groups in total. The van der Waals surface area contributed by atoms with E-state index in [1.165, 1.54) is 18.4 Å². The minimum atomic E-state index is 0.0335. The lowest BCUT2D eigenvalue weighted by molar-refractivity contribution is -0.130. The number of hydrogen-bond donors (Lipinski definition) is 1. The van der Waals surface area contributed by atoms with Gasteiger partial charge in [-0.2, -0.15) is 0 Å². The van der Waals surface area contributed by atoms with Crippen LogP contribution in [-0.4, -0.2) is 28.8 Å². The zero-order valence-electron chi connectivity index (χ0n) is 16.4. The van der Waals surface area contributed by atoms with Crippen LogP contribution in [0.25, 0.3) is 0 Å². The van der Waals surface area contributed by atoms with E-state index in [2.05, 4.69) is 50.4 Å². The van der Waals surface area contributed by atoms with Crippen molar-refractivity contribution in [2.75, 3.05) is 0 Å².